The Morgan fingerprint density at radius 2 is 2.29 bits per heavy atom. The highest BCUT2D eigenvalue weighted by atomic mass is 32.2. The van der Waals surface area contributed by atoms with E-state index in [1.165, 1.54) is 16.2 Å². The minimum absolute atomic E-state index is 0.0494. The first-order valence-corrected chi connectivity index (χ1v) is 9.60. The Hall–Kier alpha value is -0.560. The number of hydrogen-bond donors (Lipinski definition) is 2. The molecule has 6 heteroatoms. The molecule has 1 aromatic heterocycles. The molecule has 2 aliphatic heterocycles. The lowest BCUT2D eigenvalue weighted by molar-refractivity contribution is 0.0343. The molecule has 1 fully saturated rings. The summed E-state index contributed by atoms with van der Waals surface area (Å²) in [5.41, 5.74) is 1.35. The minimum atomic E-state index is 0.0494. The number of carbonyl (C=O) groups excluding carboxylic acids is 1. The standard InChI is InChI=1S/C15H22N2O2S2/c18-15(14-9-11-10-20-8-3-13(11)21-14)17-6-7-19-12-1-4-16-5-2-12/h9,12,16H,1-8,10H2,(H,17,18). The summed E-state index contributed by atoms with van der Waals surface area (Å²) >= 11 is 3.60. The van der Waals surface area contributed by atoms with Crippen LogP contribution in [0.15, 0.2) is 6.07 Å². The van der Waals surface area contributed by atoms with E-state index in [0.717, 1.165) is 43.0 Å². The van der Waals surface area contributed by atoms with Crippen molar-refractivity contribution in [1.82, 2.24) is 10.6 Å². The van der Waals surface area contributed by atoms with E-state index >= 15 is 0 Å². The Morgan fingerprint density at radius 1 is 1.43 bits per heavy atom. The van der Waals surface area contributed by atoms with Gasteiger partial charge in [-0.25, -0.2) is 0 Å². The average molecular weight is 326 g/mol. The highest BCUT2D eigenvalue weighted by molar-refractivity contribution is 7.98. The van der Waals surface area contributed by atoms with Gasteiger partial charge in [0, 0.05) is 17.2 Å². The van der Waals surface area contributed by atoms with Crippen LogP contribution in [0.3, 0.4) is 0 Å². The molecule has 2 N–H and O–H groups in total. The fraction of sp³-hybridized carbons (Fsp3) is 0.667. The molecule has 0 unspecified atom stereocenters. The maximum Gasteiger partial charge on any atom is 0.261 e. The first-order valence-electron chi connectivity index (χ1n) is 7.63. The Morgan fingerprint density at radius 3 is 3.10 bits per heavy atom. The molecule has 1 aromatic rings. The van der Waals surface area contributed by atoms with Gasteiger partial charge in [-0.1, -0.05) is 0 Å². The van der Waals surface area contributed by atoms with E-state index < -0.39 is 0 Å². The van der Waals surface area contributed by atoms with Crippen molar-refractivity contribution < 1.29 is 9.53 Å². The summed E-state index contributed by atoms with van der Waals surface area (Å²) in [7, 11) is 0. The number of piperidine rings is 1. The molecule has 1 saturated heterocycles. The normalized spacial score (nSPS) is 19.2. The van der Waals surface area contributed by atoms with Crippen LogP contribution in [0.1, 0.15) is 33.0 Å². The van der Waals surface area contributed by atoms with Crippen LogP contribution >= 0.6 is 23.1 Å². The van der Waals surface area contributed by atoms with Gasteiger partial charge in [-0.15, -0.1) is 11.3 Å². The van der Waals surface area contributed by atoms with E-state index in [0.29, 0.717) is 19.3 Å². The van der Waals surface area contributed by atoms with Crippen LogP contribution in [0.2, 0.25) is 0 Å². The number of fused-ring (bicyclic) bond motifs is 1. The number of ether oxygens (including phenoxy) is 1. The topological polar surface area (TPSA) is 50.4 Å². The highest BCUT2D eigenvalue weighted by Gasteiger charge is 2.17. The highest BCUT2D eigenvalue weighted by Crippen LogP contribution is 2.31. The predicted octanol–water partition coefficient (Wildman–Crippen LogP) is 2.04. The molecule has 116 valence electrons. The van der Waals surface area contributed by atoms with Crippen LogP contribution in [0.25, 0.3) is 0 Å². The van der Waals surface area contributed by atoms with Gasteiger partial charge in [0.15, 0.2) is 0 Å². The Kier molecular flexibility index (Phi) is 5.57. The van der Waals surface area contributed by atoms with E-state index in [2.05, 4.69) is 16.7 Å². The van der Waals surface area contributed by atoms with Gasteiger partial charge >= 0.3 is 0 Å². The van der Waals surface area contributed by atoms with Crippen LogP contribution in [-0.4, -0.2) is 44.0 Å². The molecule has 4 nitrogen and oxygen atoms in total. The lowest BCUT2D eigenvalue weighted by Gasteiger charge is -2.22. The number of thioether (sulfide) groups is 1. The van der Waals surface area contributed by atoms with E-state index in [4.69, 9.17) is 4.74 Å². The van der Waals surface area contributed by atoms with Crippen LogP contribution in [-0.2, 0) is 16.9 Å². The second kappa shape index (κ2) is 7.63. The molecule has 1 amide bonds. The van der Waals surface area contributed by atoms with Crippen molar-refractivity contribution in [3.8, 4) is 0 Å². The van der Waals surface area contributed by atoms with Crippen molar-refractivity contribution >= 4 is 29.0 Å². The summed E-state index contributed by atoms with van der Waals surface area (Å²) in [6.45, 7) is 3.28. The molecule has 0 bridgehead atoms. The SMILES string of the molecule is O=C(NCCOC1CCNCC1)c1cc2c(s1)CCSC2. The van der Waals surface area contributed by atoms with E-state index in [1.54, 1.807) is 11.3 Å². The molecule has 0 spiro atoms. The third kappa shape index (κ3) is 4.22. The van der Waals surface area contributed by atoms with Crippen molar-refractivity contribution in [2.45, 2.75) is 31.1 Å². The zero-order valence-corrected chi connectivity index (χ0v) is 13.8. The number of hydrogen-bond acceptors (Lipinski definition) is 5. The molecule has 3 rings (SSSR count). The molecule has 0 saturated carbocycles. The van der Waals surface area contributed by atoms with Gasteiger partial charge in [0.25, 0.3) is 5.91 Å². The van der Waals surface area contributed by atoms with Crippen LogP contribution in [0.4, 0.5) is 0 Å². The van der Waals surface area contributed by atoms with Crippen molar-refractivity contribution in [2.75, 3.05) is 32.0 Å². The molecule has 0 aromatic carbocycles. The zero-order chi connectivity index (χ0) is 14.5. The molecule has 0 atom stereocenters. The molecule has 0 aliphatic carbocycles. The number of carbonyl (C=O) groups is 1. The number of amides is 1. The Bertz CT molecular complexity index is 461. The maximum atomic E-state index is 12.1. The van der Waals surface area contributed by atoms with E-state index in [-0.39, 0.29) is 5.91 Å². The van der Waals surface area contributed by atoms with Gasteiger partial charge in [0.05, 0.1) is 17.6 Å². The Balaban J connectivity index is 1.40. The Labute approximate surface area is 134 Å². The first kappa shape index (κ1) is 15.3. The molecule has 2 aliphatic rings. The number of thiophene rings is 1. The molecular formula is C15H22N2O2S2. The van der Waals surface area contributed by atoms with Gasteiger partial charge in [-0.2, -0.15) is 11.8 Å². The summed E-state index contributed by atoms with van der Waals surface area (Å²) in [4.78, 5) is 14.4. The van der Waals surface area contributed by atoms with Gasteiger partial charge < -0.3 is 15.4 Å². The predicted molar refractivity (Wildman–Crippen MR) is 88.4 cm³/mol. The van der Waals surface area contributed by atoms with Crippen LogP contribution in [0, 0.1) is 0 Å². The van der Waals surface area contributed by atoms with Gasteiger partial charge in [0.2, 0.25) is 0 Å². The third-order valence-corrected chi connectivity index (χ3v) is 6.12. The van der Waals surface area contributed by atoms with Crippen LogP contribution < -0.4 is 10.6 Å². The fourth-order valence-electron chi connectivity index (χ4n) is 2.70. The fourth-order valence-corrected chi connectivity index (χ4v) is 4.99. The lowest BCUT2D eigenvalue weighted by atomic mass is 10.1. The van der Waals surface area contributed by atoms with E-state index in [9.17, 15) is 4.79 Å². The third-order valence-electron chi connectivity index (χ3n) is 3.88. The van der Waals surface area contributed by atoms with Crippen LogP contribution in [0.5, 0.6) is 0 Å². The molecule has 3 heterocycles. The first-order chi connectivity index (χ1) is 10.3. The monoisotopic (exact) mass is 326 g/mol. The van der Waals surface area contributed by atoms with Crippen molar-refractivity contribution in [3.63, 3.8) is 0 Å². The largest absolute Gasteiger partial charge is 0.376 e. The maximum absolute atomic E-state index is 12.1. The van der Waals surface area contributed by atoms with Crippen molar-refractivity contribution in [1.29, 1.82) is 0 Å². The van der Waals surface area contributed by atoms with Crippen molar-refractivity contribution in [3.05, 3.63) is 21.4 Å². The van der Waals surface area contributed by atoms with Crippen molar-refractivity contribution in [2.24, 2.45) is 0 Å². The lowest BCUT2D eigenvalue weighted by Crippen LogP contribution is -2.34. The molecular weight excluding hydrogens is 304 g/mol. The van der Waals surface area contributed by atoms with Gasteiger partial charge in [-0.3, -0.25) is 4.79 Å². The summed E-state index contributed by atoms with van der Waals surface area (Å²) < 4.78 is 5.80. The number of aryl methyl sites for hydroxylation is 1. The minimum Gasteiger partial charge on any atom is -0.376 e. The summed E-state index contributed by atoms with van der Waals surface area (Å²) in [5.74, 6) is 2.28. The average Bonchev–Trinajstić information content (AvgIpc) is 2.96. The quantitative estimate of drug-likeness (QED) is 0.813. The second-order valence-electron chi connectivity index (χ2n) is 5.44. The summed E-state index contributed by atoms with van der Waals surface area (Å²) in [6, 6.07) is 2.06. The summed E-state index contributed by atoms with van der Waals surface area (Å²) in [5, 5.41) is 6.29. The summed E-state index contributed by atoms with van der Waals surface area (Å²) in [6.07, 6.45) is 3.61. The van der Waals surface area contributed by atoms with Gasteiger partial charge in [-0.05, 0) is 49.7 Å². The number of nitrogens with one attached hydrogen (secondary N) is 2. The van der Waals surface area contributed by atoms with E-state index in [1.807, 2.05) is 11.8 Å². The molecule has 21 heavy (non-hydrogen) atoms. The molecule has 0 radical (unpaired) electrons. The zero-order valence-electron chi connectivity index (χ0n) is 12.2. The van der Waals surface area contributed by atoms with Gasteiger partial charge in [0.1, 0.15) is 0 Å². The second-order valence-corrected chi connectivity index (χ2v) is 7.68. The smallest absolute Gasteiger partial charge is 0.261 e. The number of rotatable bonds is 5.